The molecule has 0 radical (unpaired) electrons. The van der Waals surface area contributed by atoms with E-state index in [0.29, 0.717) is 18.0 Å². The normalized spacial score (nSPS) is 16.5. The fourth-order valence-corrected chi connectivity index (χ4v) is 2.30. The topological polar surface area (TPSA) is 75.3 Å². The number of nitrogens with one attached hydrogen (secondary N) is 2. The number of rotatable bonds is 5. The van der Waals surface area contributed by atoms with Crippen LogP contribution in [0.1, 0.15) is 41.6 Å². The molecule has 20 heavy (non-hydrogen) atoms. The molecule has 5 nitrogen and oxygen atoms in total. The molecule has 2 N–H and O–H groups in total. The molecule has 0 saturated heterocycles. The Morgan fingerprint density at radius 3 is 2.80 bits per heavy atom. The lowest BCUT2D eigenvalue weighted by Gasteiger charge is -2.05. The van der Waals surface area contributed by atoms with Gasteiger partial charge in [-0.15, -0.1) is 0 Å². The maximum atomic E-state index is 12.0. The summed E-state index contributed by atoms with van der Waals surface area (Å²) < 4.78 is 0. The number of carbonyl (C=O) groups excluding carboxylic acids is 3. The first kappa shape index (κ1) is 12.8. The molecule has 1 fully saturated rings. The first-order valence-corrected chi connectivity index (χ1v) is 6.87. The van der Waals surface area contributed by atoms with Crippen LogP contribution in [0.4, 0.5) is 5.69 Å². The van der Waals surface area contributed by atoms with Crippen molar-refractivity contribution in [1.82, 2.24) is 5.32 Å². The molecule has 104 valence electrons. The molecule has 0 unspecified atom stereocenters. The third-order valence-electron chi connectivity index (χ3n) is 3.57. The highest BCUT2D eigenvalue weighted by Gasteiger charge is 2.23. The maximum Gasteiger partial charge on any atom is 0.228 e. The zero-order valence-corrected chi connectivity index (χ0v) is 11.1. The molecule has 0 aromatic heterocycles. The molecule has 1 aliphatic carbocycles. The van der Waals surface area contributed by atoms with Gasteiger partial charge in [0, 0.05) is 30.1 Å². The Kier molecular flexibility index (Phi) is 3.26. The Morgan fingerprint density at radius 1 is 1.25 bits per heavy atom. The van der Waals surface area contributed by atoms with Crippen LogP contribution in [-0.4, -0.2) is 23.6 Å². The Labute approximate surface area is 116 Å². The summed E-state index contributed by atoms with van der Waals surface area (Å²) in [6.07, 6.45) is 2.85. The Morgan fingerprint density at radius 2 is 2.05 bits per heavy atom. The van der Waals surface area contributed by atoms with E-state index in [9.17, 15) is 14.4 Å². The van der Waals surface area contributed by atoms with Crippen molar-refractivity contribution in [3.8, 4) is 0 Å². The molecule has 0 spiro atoms. The van der Waals surface area contributed by atoms with Crippen molar-refractivity contribution in [1.29, 1.82) is 0 Å². The van der Waals surface area contributed by atoms with Gasteiger partial charge in [0.05, 0.1) is 6.42 Å². The number of Topliss-reactive ketones (excluding diaryl/α,β-unsaturated/α-hetero) is 1. The number of hydrogen-bond acceptors (Lipinski definition) is 3. The predicted molar refractivity (Wildman–Crippen MR) is 73.5 cm³/mol. The summed E-state index contributed by atoms with van der Waals surface area (Å²) in [6.45, 7) is 0. The molecule has 3 rings (SSSR count). The van der Waals surface area contributed by atoms with Crippen molar-refractivity contribution in [2.45, 2.75) is 38.1 Å². The molecule has 2 amide bonds. The van der Waals surface area contributed by atoms with E-state index in [1.54, 1.807) is 18.2 Å². The summed E-state index contributed by atoms with van der Waals surface area (Å²) in [4.78, 5) is 34.8. The van der Waals surface area contributed by atoms with Crippen LogP contribution in [0, 0.1) is 0 Å². The minimum atomic E-state index is -0.0573. The zero-order valence-electron chi connectivity index (χ0n) is 11.1. The van der Waals surface area contributed by atoms with Crippen molar-refractivity contribution < 1.29 is 14.4 Å². The number of fused-ring (bicyclic) bond motifs is 1. The Hall–Kier alpha value is -2.17. The highest BCUT2D eigenvalue weighted by molar-refractivity contribution is 6.02. The number of anilines is 1. The molecule has 1 saturated carbocycles. The lowest BCUT2D eigenvalue weighted by molar-refractivity contribution is -0.121. The number of ketones is 1. The lowest BCUT2D eigenvalue weighted by Crippen LogP contribution is -2.25. The van der Waals surface area contributed by atoms with Crippen LogP contribution in [0.5, 0.6) is 0 Å². The van der Waals surface area contributed by atoms with Gasteiger partial charge in [0.25, 0.3) is 0 Å². The van der Waals surface area contributed by atoms with Crippen LogP contribution >= 0.6 is 0 Å². The van der Waals surface area contributed by atoms with Crippen LogP contribution < -0.4 is 10.6 Å². The SMILES string of the molecule is O=C1Cc2cc(C(=O)CCC(=O)NC3CC3)ccc2N1. The first-order chi connectivity index (χ1) is 9.61. The van der Waals surface area contributed by atoms with E-state index in [1.165, 1.54) is 0 Å². The summed E-state index contributed by atoms with van der Waals surface area (Å²) in [5.41, 5.74) is 2.20. The summed E-state index contributed by atoms with van der Waals surface area (Å²) in [7, 11) is 0. The highest BCUT2D eigenvalue weighted by Crippen LogP contribution is 2.24. The number of benzene rings is 1. The van der Waals surface area contributed by atoms with Gasteiger partial charge in [-0.05, 0) is 36.6 Å². The maximum absolute atomic E-state index is 12.0. The van der Waals surface area contributed by atoms with Gasteiger partial charge in [0.2, 0.25) is 11.8 Å². The Bertz CT molecular complexity index is 591. The second kappa shape index (κ2) is 5.07. The predicted octanol–water partition coefficient (Wildman–Crippen LogP) is 1.42. The summed E-state index contributed by atoms with van der Waals surface area (Å²) >= 11 is 0. The van der Waals surface area contributed by atoms with E-state index in [2.05, 4.69) is 10.6 Å². The molecular weight excluding hydrogens is 256 g/mol. The van der Waals surface area contributed by atoms with Crippen LogP contribution in [0.15, 0.2) is 18.2 Å². The van der Waals surface area contributed by atoms with E-state index < -0.39 is 0 Å². The monoisotopic (exact) mass is 272 g/mol. The molecule has 1 aromatic carbocycles. The fraction of sp³-hybridized carbons (Fsp3) is 0.400. The second-order valence-corrected chi connectivity index (χ2v) is 5.36. The van der Waals surface area contributed by atoms with Gasteiger partial charge in [-0.3, -0.25) is 14.4 Å². The first-order valence-electron chi connectivity index (χ1n) is 6.87. The van der Waals surface area contributed by atoms with Crippen molar-refractivity contribution in [2.24, 2.45) is 0 Å². The average Bonchev–Trinajstić information content (AvgIpc) is 3.14. The van der Waals surface area contributed by atoms with E-state index in [1.807, 2.05) is 0 Å². The third kappa shape index (κ3) is 2.87. The summed E-state index contributed by atoms with van der Waals surface area (Å²) in [5.74, 6) is -0.162. The molecule has 1 aliphatic heterocycles. The van der Waals surface area contributed by atoms with Crippen LogP contribution in [0.3, 0.4) is 0 Å². The largest absolute Gasteiger partial charge is 0.353 e. The smallest absolute Gasteiger partial charge is 0.228 e. The molecule has 5 heteroatoms. The van der Waals surface area contributed by atoms with E-state index in [-0.39, 0.29) is 30.4 Å². The van der Waals surface area contributed by atoms with Gasteiger partial charge in [-0.2, -0.15) is 0 Å². The van der Waals surface area contributed by atoms with Crippen molar-refractivity contribution in [3.63, 3.8) is 0 Å². The number of hydrogen-bond donors (Lipinski definition) is 2. The van der Waals surface area contributed by atoms with E-state index >= 15 is 0 Å². The van der Waals surface area contributed by atoms with Crippen molar-refractivity contribution in [3.05, 3.63) is 29.3 Å². The minimum Gasteiger partial charge on any atom is -0.353 e. The summed E-state index contributed by atoms with van der Waals surface area (Å²) in [5, 5.41) is 5.59. The highest BCUT2D eigenvalue weighted by atomic mass is 16.2. The average molecular weight is 272 g/mol. The van der Waals surface area contributed by atoms with Gasteiger partial charge in [-0.25, -0.2) is 0 Å². The molecule has 2 aliphatic rings. The van der Waals surface area contributed by atoms with Crippen LogP contribution in [-0.2, 0) is 16.0 Å². The van der Waals surface area contributed by atoms with E-state index in [0.717, 1.165) is 24.1 Å². The quantitative estimate of drug-likeness (QED) is 0.796. The zero-order chi connectivity index (χ0) is 14.1. The summed E-state index contributed by atoms with van der Waals surface area (Å²) in [6, 6.07) is 5.52. The Balaban J connectivity index is 1.58. The minimum absolute atomic E-state index is 0.0478. The molecular formula is C15H16N2O3. The van der Waals surface area contributed by atoms with Crippen molar-refractivity contribution >= 4 is 23.3 Å². The van der Waals surface area contributed by atoms with E-state index in [4.69, 9.17) is 0 Å². The number of carbonyl (C=O) groups is 3. The second-order valence-electron chi connectivity index (χ2n) is 5.36. The van der Waals surface area contributed by atoms with Crippen LogP contribution in [0.25, 0.3) is 0 Å². The van der Waals surface area contributed by atoms with Crippen LogP contribution in [0.2, 0.25) is 0 Å². The standard InChI is InChI=1S/C15H16N2O3/c18-13(5-6-14(19)16-11-2-3-11)9-1-4-12-10(7-9)8-15(20)17-12/h1,4,7,11H,2-3,5-6,8H2,(H,16,19)(H,17,20). The van der Waals surface area contributed by atoms with Gasteiger partial charge >= 0.3 is 0 Å². The number of amides is 2. The van der Waals surface area contributed by atoms with Gasteiger partial charge < -0.3 is 10.6 Å². The molecule has 0 atom stereocenters. The lowest BCUT2D eigenvalue weighted by atomic mass is 10.0. The molecule has 1 aromatic rings. The van der Waals surface area contributed by atoms with Gasteiger partial charge in [-0.1, -0.05) is 0 Å². The third-order valence-corrected chi connectivity index (χ3v) is 3.57. The molecule has 1 heterocycles. The molecule has 0 bridgehead atoms. The van der Waals surface area contributed by atoms with Gasteiger partial charge in [0.15, 0.2) is 5.78 Å². The fourth-order valence-electron chi connectivity index (χ4n) is 2.30. The van der Waals surface area contributed by atoms with Crippen molar-refractivity contribution in [2.75, 3.05) is 5.32 Å². The van der Waals surface area contributed by atoms with Gasteiger partial charge in [0.1, 0.15) is 0 Å².